The first-order valence-corrected chi connectivity index (χ1v) is 14.4. The van der Waals surface area contributed by atoms with E-state index in [0.29, 0.717) is 42.6 Å². The molecule has 6 atom stereocenters. The lowest BCUT2D eigenvalue weighted by atomic mass is 9.69. The maximum Gasteiger partial charge on any atom is 0.211 e. The molecule has 0 bridgehead atoms. The van der Waals surface area contributed by atoms with Crippen LogP contribution in [0.4, 0.5) is 14.5 Å². The largest absolute Gasteiger partial charge is 0.327 e. The Bertz CT molecular complexity index is 1350. The van der Waals surface area contributed by atoms with Gasteiger partial charge in [0.1, 0.15) is 17.3 Å². The van der Waals surface area contributed by atoms with Crippen LogP contribution in [0.2, 0.25) is 0 Å². The van der Waals surface area contributed by atoms with E-state index in [1.807, 2.05) is 19.1 Å². The maximum absolute atomic E-state index is 15.4. The van der Waals surface area contributed by atoms with E-state index in [0.717, 1.165) is 11.1 Å². The number of carbonyl (C=O) groups excluding carboxylic acids is 1. The summed E-state index contributed by atoms with van der Waals surface area (Å²) in [7, 11) is -1.18. The van der Waals surface area contributed by atoms with Crippen molar-refractivity contribution in [3.63, 3.8) is 0 Å². The first kappa shape index (κ1) is 28.0. The molecule has 9 heteroatoms. The average Bonchev–Trinajstić information content (AvgIpc) is 2.85. The summed E-state index contributed by atoms with van der Waals surface area (Å²) in [5, 5.41) is 2.47. The van der Waals surface area contributed by atoms with E-state index in [1.165, 1.54) is 12.1 Å². The zero-order valence-corrected chi connectivity index (χ0v) is 22.9. The van der Waals surface area contributed by atoms with Crippen LogP contribution >= 0.6 is 0 Å². The zero-order chi connectivity index (χ0) is 27.6. The third-order valence-electron chi connectivity index (χ3n) is 7.66. The molecule has 0 spiro atoms. The van der Waals surface area contributed by atoms with Crippen LogP contribution in [0, 0.1) is 37.3 Å². The SMILES string of the molecule is Cc1cc(F)c(-c2nc(C)ccc2F)c(CC(C)C2CC(c3ccncc3NC=O)CC(N)C2S(C)=O)c1. The highest BCUT2D eigenvalue weighted by atomic mass is 32.2. The van der Waals surface area contributed by atoms with E-state index >= 15 is 4.39 Å². The molecule has 6 unspecified atom stereocenters. The number of carbonyl (C=O) groups is 1. The number of aryl methyl sites for hydroxylation is 2. The summed E-state index contributed by atoms with van der Waals surface area (Å²) in [4.78, 5) is 19.6. The quantitative estimate of drug-likeness (QED) is 0.390. The number of amides is 1. The van der Waals surface area contributed by atoms with Crippen LogP contribution in [0.25, 0.3) is 11.3 Å². The second kappa shape index (κ2) is 11.8. The molecule has 38 heavy (non-hydrogen) atoms. The molecule has 2 aromatic heterocycles. The Balaban J connectivity index is 1.72. The number of hydrogen-bond acceptors (Lipinski definition) is 5. The van der Waals surface area contributed by atoms with Crippen LogP contribution in [-0.2, 0) is 22.0 Å². The Morgan fingerprint density at radius 1 is 1.18 bits per heavy atom. The van der Waals surface area contributed by atoms with Gasteiger partial charge in [-0.1, -0.05) is 13.0 Å². The fourth-order valence-electron chi connectivity index (χ4n) is 6.04. The Hall–Kier alpha value is -3.04. The highest BCUT2D eigenvalue weighted by Crippen LogP contribution is 2.44. The molecule has 1 aromatic carbocycles. The number of halogens is 2. The van der Waals surface area contributed by atoms with Gasteiger partial charge in [0.25, 0.3) is 0 Å². The molecular weight excluding hydrogens is 506 g/mol. The number of aromatic nitrogens is 2. The molecule has 1 aliphatic rings. The van der Waals surface area contributed by atoms with Crippen molar-refractivity contribution in [3.05, 3.63) is 76.7 Å². The van der Waals surface area contributed by atoms with Crippen molar-refractivity contribution in [2.24, 2.45) is 17.6 Å². The standard InChI is InChI=1S/C29H34F2N4O2S/c1-16-9-20(27(24(31)10-16)28-23(30)6-5-18(3)35-28)11-17(2)22-12-19(13-25(32)29(22)38(4)37)21-7-8-33-14-26(21)34-15-36/h5-10,14-15,17,19,22,25,29H,11-13,32H2,1-4H3,(H,34,36). The van der Waals surface area contributed by atoms with E-state index in [-0.39, 0.29) is 40.3 Å². The number of benzene rings is 1. The molecule has 0 aliphatic heterocycles. The third kappa shape index (κ3) is 5.83. The molecule has 2 heterocycles. The van der Waals surface area contributed by atoms with Gasteiger partial charge in [0, 0.05) is 40.6 Å². The van der Waals surface area contributed by atoms with Gasteiger partial charge in [-0.3, -0.25) is 14.0 Å². The number of pyridine rings is 2. The topological polar surface area (TPSA) is 98.0 Å². The van der Waals surface area contributed by atoms with Gasteiger partial charge in [-0.15, -0.1) is 0 Å². The van der Waals surface area contributed by atoms with Crippen molar-refractivity contribution in [1.82, 2.24) is 9.97 Å². The first-order valence-electron chi connectivity index (χ1n) is 12.7. The Morgan fingerprint density at radius 3 is 2.66 bits per heavy atom. The van der Waals surface area contributed by atoms with Gasteiger partial charge in [-0.25, -0.2) is 13.8 Å². The predicted octanol–water partition coefficient (Wildman–Crippen LogP) is 5.05. The zero-order valence-electron chi connectivity index (χ0n) is 22.1. The van der Waals surface area contributed by atoms with Crippen LogP contribution in [0.1, 0.15) is 48.1 Å². The average molecular weight is 541 g/mol. The van der Waals surface area contributed by atoms with Gasteiger partial charge in [0.2, 0.25) is 6.41 Å². The maximum atomic E-state index is 15.4. The van der Waals surface area contributed by atoms with Crippen molar-refractivity contribution in [1.29, 1.82) is 0 Å². The van der Waals surface area contributed by atoms with Crippen molar-refractivity contribution in [2.45, 2.75) is 57.2 Å². The number of rotatable bonds is 8. The van der Waals surface area contributed by atoms with Gasteiger partial charge < -0.3 is 11.1 Å². The molecule has 1 fully saturated rings. The molecule has 0 radical (unpaired) electrons. The number of nitrogens with zero attached hydrogens (tertiary/aromatic N) is 2. The van der Waals surface area contributed by atoms with E-state index < -0.39 is 22.4 Å². The van der Waals surface area contributed by atoms with Crippen molar-refractivity contribution in [3.8, 4) is 11.3 Å². The molecule has 1 amide bonds. The van der Waals surface area contributed by atoms with Crippen LogP contribution < -0.4 is 11.1 Å². The van der Waals surface area contributed by atoms with Crippen LogP contribution in [-0.4, -0.2) is 38.1 Å². The molecule has 4 rings (SSSR count). The van der Waals surface area contributed by atoms with E-state index in [2.05, 4.69) is 22.2 Å². The Labute approximate surface area is 224 Å². The molecular formula is C29H34F2N4O2S. The van der Waals surface area contributed by atoms with Crippen LogP contribution in [0.15, 0.2) is 42.7 Å². The van der Waals surface area contributed by atoms with E-state index in [4.69, 9.17) is 5.73 Å². The van der Waals surface area contributed by atoms with Crippen LogP contribution in [0.5, 0.6) is 0 Å². The minimum absolute atomic E-state index is 0.0000882. The van der Waals surface area contributed by atoms with Crippen molar-refractivity contribution in [2.75, 3.05) is 11.6 Å². The number of anilines is 1. The van der Waals surface area contributed by atoms with Gasteiger partial charge in [0.05, 0.1) is 17.1 Å². The normalized spacial score (nSPS) is 23.0. The van der Waals surface area contributed by atoms with Crippen molar-refractivity contribution < 1.29 is 17.8 Å². The second-order valence-electron chi connectivity index (χ2n) is 10.4. The Morgan fingerprint density at radius 2 is 1.95 bits per heavy atom. The van der Waals surface area contributed by atoms with Crippen LogP contribution in [0.3, 0.4) is 0 Å². The third-order valence-corrected chi connectivity index (χ3v) is 9.13. The summed E-state index contributed by atoms with van der Waals surface area (Å²) in [5.74, 6) is -1.17. The number of hydrogen-bond donors (Lipinski definition) is 2. The minimum Gasteiger partial charge on any atom is -0.327 e. The lowest BCUT2D eigenvalue weighted by Gasteiger charge is -2.43. The summed E-state index contributed by atoms with van der Waals surface area (Å²) >= 11 is 0. The lowest BCUT2D eigenvalue weighted by Crippen LogP contribution is -2.50. The Kier molecular flexibility index (Phi) is 8.67. The minimum atomic E-state index is -1.18. The van der Waals surface area contributed by atoms with Gasteiger partial charge in [0.15, 0.2) is 0 Å². The van der Waals surface area contributed by atoms with Gasteiger partial charge >= 0.3 is 0 Å². The molecule has 202 valence electrons. The highest BCUT2D eigenvalue weighted by molar-refractivity contribution is 7.85. The molecule has 3 aromatic rings. The number of nitrogens with one attached hydrogen (secondary N) is 1. The fourth-order valence-corrected chi connectivity index (χ4v) is 7.52. The molecule has 0 saturated heterocycles. The highest BCUT2D eigenvalue weighted by Gasteiger charge is 2.42. The monoisotopic (exact) mass is 540 g/mol. The summed E-state index contributed by atoms with van der Waals surface area (Å²) in [6.07, 6.45) is 7.36. The smallest absolute Gasteiger partial charge is 0.211 e. The second-order valence-corrected chi connectivity index (χ2v) is 12.0. The first-order chi connectivity index (χ1) is 18.1. The molecule has 3 N–H and O–H groups in total. The van der Waals surface area contributed by atoms with Gasteiger partial charge in [-0.05, 0) is 91.8 Å². The summed E-state index contributed by atoms with van der Waals surface area (Å²) in [6.45, 7) is 5.61. The summed E-state index contributed by atoms with van der Waals surface area (Å²) < 4.78 is 43.1. The van der Waals surface area contributed by atoms with E-state index in [9.17, 15) is 13.4 Å². The fraction of sp³-hybridized carbons (Fsp3) is 0.414. The summed E-state index contributed by atoms with van der Waals surface area (Å²) in [6, 6.07) is 7.71. The molecule has 1 aliphatic carbocycles. The van der Waals surface area contributed by atoms with Crippen molar-refractivity contribution >= 4 is 22.9 Å². The number of nitrogens with two attached hydrogens (primary N) is 1. The molecule has 6 nitrogen and oxygen atoms in total. The summed E-state index contributed by atoms with van der Waals surface area (Å²) in [5.41, 5.74) is 10.4. The molecule has 1 saturated carbocycles. The lowest BCUT2D eigenvalue weighted by molar-refractivity contribution is -0.105. The van der Waals surface area contributed by atoms with E-state index in [1.54, 1.807) is 31.6 Å². The predicted molar refractivity (Wildman–Crippen MR) is 147 cm³/mol. The van der Waals surface area contributed by atoms with Gasteiger partial charge in [-0.2, -0.15) is 0 Å².